The van der Waals surface area contributed by atoms with Crippen molar-refractivity contribution in [3.05, 3.63) is 88.2 Å². The molecule has 160 valence electrons. The molecule has 31 heavy (non-hydrogen) atoms. The number of hydrogen-bond donors (Lipinski definition) is 2. The minimum Gasteiger partial charge on any atom is -0.378 e. The van der Waals surface area contributed by atoms with Gasteiger partial charge in [0.2, 0.25) is 0 Å². The molecule has 0 bridgehead atoms. The number of hydrogen-bond acceptors (Lipinski definition) is 5. The maximum absolute atomic E-state index is 12.6. The molecule has 0 radical (unpaired) electrons. The number of amides is 1. The average molecular weight is 416 g/mol. The van der Waals surface area contributed by atoms with E-state index in [4.69, 9.17) is 0 Å². The second kappa shape index (κ2) is 7.71. The fourth-order valence-electron chi connectivity index (χ4n) is 4.43. The fraction of sp³-hybridized carbons (Fsp3) is 0.280. The van der Waals surface area contributed by atoms with Gasteiger partial charge in [0.15, 0.2) is 0 Å². The summed E-state index contributed by atoms with van der Waals surface area (Å²) in [5.74, 6) is -0.226. The number of nitrogens with one attached hydrogen (secondary N) is 2. The van der Waals surface area contributed by atoms with E-state index in [-0.39, 0.29) is 5.91 Å². The van der Waals surface area contributed by atoms with E-state index in [1.807, 2.05) is 40.3 Å². The molecule has 6 heteroatoms. The Kier molecular flexibility index (Phi) is 5.19. The molecule has 0 atom stereocenters. The highest BCUT2D eigenvalue weighted by molar-refractivity contribution is 5.95. The highest BCUT2D eigenvalue weighted by Crippen LogP contribution is 2.43. The number of aryl methyl sites for hydroxylation is 2. The molecule has 0 saturated carbocycles. The van der Waals surface area contributed by atoms with Crippen molar-refractivity contribution in [3.8, 4) is 0 Å². The number of pyridine rings is 1. The lowest BCUT2D eigenvalue weighted by molar-refractivity contribution is 0.0890. The molecule has 2 heterocycles. The zero-order chi connectivity index (χ0) is 22.3. The number of rotatable bonds is 4. The van der Waals surface area contributed by atoms with Crippen molar-refractivity contribution in [1.29, 1.82) is 0 Å². The maximum atomic E-state index is 12.6. The van der Waals surface area contributed by atoms with E-state index < -0.39 is 5.54 Å². The first-order valence-corrected chi connectivity index (χ1v) is 10.4. The van der Waals surface area contributed by atoms with Gasteiger partial charge in [-0.2, -0.15) is 0 Å². The third-order valence-electron chi connectivity index (χ3n) is 6.05. The van der Waals surface area contributed by atoms with Crippen LogP contribution in [0.1, 0.15) is 38.3 Å². The number of hydrazine groups is 1. The van der Waals surface area contributed by atoms with E-state index in [0.717, 1.165) is 39.2 Å². The predicted octanol–water partition coefficient (Wildman–Crippen LogP) is 3.37. The number of fused-ring (bicyclic) bond motifs is 1. The Balaban J connectivity index is 2.05. The Morgan fingerprint density at radius 2 is 1.35 bits per heavy atom. The molecule has 1 amide bonds. The van der Waals surface area contributed by atoms with Crippen LogP contribution in [0.15, 0.2) is 54.7 Å². The maximum Gasteiger partial charge on any atom is 0.284 e. The molecule has 0 fully saturated rings. The highest BCUT2D eigenvalue weighted by atomic mass is 16.2. The van der Waals surface area contributed by atoms with Gasteiger partial charge in [-0.1, -0.05) is 18.2 Å². The lowest BCUT2D eigenvalue weighted by Crippen LogP contribution is -2.59. The van der Waals surface area contributed by atoms with Crippen LogP contribution >= 0.6 is 0 Å². The van der Waals surface area contributed by atoms with Gasteiger partial charge >= 0.3 is 0 Å². The Hall–Kier alpha value is -3.38. The molecule has 0 saturated heterocycles. The van der Waals surface area contributed by atoms with Gasteiger partial charge in [-0.25, -0.2) is 5.43 Å². The zero-order valence-electron chi connectivity index (χ0n) is 18.9. The molecule has 1 aliphatic rings. The van der Waals surface area contributed by atoms with Gasteiger partial charge in [-0.3, -0.25) is 15.2 Å². The summed E-state index contributed by atoms with van der Waals surface area (Å²) in [4.78, 5) is 21.3. The van der Waals surface area contributed by atoms with Crippen molar-refractivity contribution in [2.45, 2.75) is 19.4 Å². The molecule has 0 unspecified atom stereocenters. The van der Waals surface area contributed by atoms with E-state index in [9.17, 15) is 4.79 Å². The molecular formula is C25H29N5O. The Labute approximate surface area is 183 Å². The van der Waals surface area contributed by atoms with Crippen LogP contribution in [0, 0.1) is 13.8 Å². The smallest absolute Gasteiger partial charge is 0.284 e. The average Bonchev–Trinajstić information content (AvgIpc) is 2.75. The van der Waals surface area contributed by atoms with Crippen LogP contribution in [-0.2, 0) is 5.54 Å². The van der Waals surface area contributed by atoms with E-state index in [1.54, 1.807) is 6.20 Å². The third kappa shape index (κ3) is 3.33. The zero-order valence-corrected chi connectivity index (χ0v) is 18.9. The molecule has 0 spiro atoms. The summed E-state index contributed by atoms with van der Waals surface area (Å²) in [5.41, 5.74) is 13.4. The van der Waals surface area contributed by atoms with E-state index >= 15 is 0 Å². The van der Waals surface area contributed by atoms with Gasteiger partial charge in [0, 0.05) is 51.3 Å². The first-order chi connectivity index (χ1) is 14.8. The lowest BCUT2D eigenvalue weighted by atomic mass is 9.72. The Morgan fingerprint density at radius 3 is 1.84 bits per heavy atom. The van der Waals surface area contributed by atoms with Gasteiger partial charge in [-0.05, 0) is 66.4 Å². The molecule has 4 rings (SSSR count). The number of nitrogens with zero attached hydrogens (tertiary/aromatic N) is 3. The molecule has 1 aliphatic heterocycles. The summed E-state index contributed by atoms with van der Waals surface area (Å²) in [6.45, 7) is 4.23. The molecule has 1 aromatic heterocycles. The minimum atomic E-state index is -0.763. The number of carbonyl (C=O) groups excluding carboxylic acids is 1. The normalized spacial score (nSPS) is 14.6. The summed E-state index contributed by atoms with van der Waals surface area (Å²) in [5, 5.41) is 0. The molecule has 2 N–H and O–H groups in total. The molecule has 6 nitrogen and oxygen atoms in total. The molecule has 3 aromatic rings. The van der Waals surface area contributed by atoms with Crippen LogP contribution in [0.25, 0.3) is 0 Å². The van der Waals surface area contributed by atoms with E-state index in [1.165, 1.54) is 0 Å². The SMILES string of the molecule is Cc1cc(N(C)C)ccc1C1(c2ccc(N(C)C)cc2C)NNC(=O)c2ncccc21. The quantitative estimate of drug-likeness (QED) is 0.684. The van der Waals surface area contributed by atoms with Crippen molar-refractivity contribution in [3.63, 3.8) is 0 Å². The van der Waals surface area contributed by atoms with E-state index in [0.29, 0.717) is 5.69 Å². The molecular weight excluding hydrogens is 386 g/mol. The summed E-state index contributed by atoms with van der Waals surface area (Å²) < 4.78 is 0. The van der Waals surface area contributed by atoms with Gasteiger partial charge in [0.05, 0.1) is 0 Å². The van der Waals surface area contributed by atoms with Crippen LogP contribution in [0.3, 0.4) is 0 Å². The monoisotopic (exact) mass is 415 g/mol. The van der Waals surface area contributed by atoms with E-state index in [2.05, 4.69) is 75.9 Å². The van der Waals surface area contributed by atoms with Crippen molar-refractivity contribution in [1.82, 2.24) is 15.8 Å². The Morgan fingerprint density at radius 1 is 0.806 bits per heavy atom. The summed E-state index contributed by atoms with van der Waals surface area (Å²) in [6, 6.07) is 16.7. The number of benzene rings is 2. The second-order valence-corrected chi connectivity index (χ2v) is 8.52. The van der Waals surface area contributed by atoms with Gasteiger partial charge in [0.1, 0.15) is 11.2 Å². The standard InChI is InChI=1S/C25H29N5O/c1-16-14-18(29(3)4)9-11-20(16)25(21-12-10-19(30(5)6)15-17(21)2)22-8-7-13-26-23(22)24(31)27-28-25/h7-15,28H,1-6H3,(H,27,31). The van der Waals surface area contributed by atoms with Gasteiger partial charge in [0.25, 0.3) is 5.91 Å². The fourth-order valence-corrected chi connectivity index (χ4v) is 4.43. The van der Waals surface area contributed by atoms with Crippen LogP contribution in [0.5, 0.6) is 0 Å². The van der Waals surface area contributed by atoms with Crippen molar-refractivity contribution in [2.75, 3.05) is 38.0 Å². The lowest BCUT2D eigenvalue weighted by Gasteiger charge is -2.42. The minimum absolute atomic E-state index is 0.226. The summed E-state index contributed by atoms with van der Waals surface area (Å²) in [7, 11) is 8.14. The first-order valence-electron chi connectivity index (χ1n) is 10.4. The first kappa shape index (κ1) is 20.9. The molecule has 2 aromatic carbocycles. The van der Waals surface area contributed by atoms with Crippen LogP contribution < -0.4 is 20.7 Å². The van der Waals surface area contributed by atoms with Crippen LogP contribution in [0.2, 0.25) is 0 Å². The topological polar surface area (TPSA) is 60.5 Å². The van der Waals surface area contributed by atoms with Crippen LogP contribution in [-0.4, -0.2) is 39.1 Å². The van der Waals surface area contributed by atoms with Crippen molar-refractivity contribution in [2.24, 2.45) is 0 Å². The highest BCUT2D eigenvalue weighted by Gasteiger charge is 2.45. The largest absolute Gasteiger partial charge is 0.378 e. The van der Waals surface area contributed by atoms with Gasteiger partial charge < -0.3 is 9.80 Å². The van der Waals surface area contributed by atoms with Crippen molar-refractivity contribution >= 4 is 17.3 Å². The predicted molar refractivity (Wildman–Crippen MR) is 126 cm³/mol. The number of aromatic nitrogens is 1. The summed E-state index contributed by atoms with van der Waals surface area (Å²) >= 11 is 0. The second-order valence-electron chi connectivity index (χ2n) is 8.52. The Bertz CT molecular complexity index is 1090. The number of anilines is 2. The summed E-state index contributed by atoms with van der Waals surface area (Å²) in [6.07, 6.45) is 1.67. The number of carbonyl (C=O) groups is 1. The van der Waals surface area contributed by atoms with Gasteiger partial charge in [-0.15, -0.1) is 0 Å². The van der Waals surface area contributed by atoms with Crippen molar-refractivity contribution < 1.29 is 4.79 Å². The molecule has 0 aliphatic carbocycles. The van der Waals surface area contributed by atoms with Crippen LogP contribution in [0.4, 0.5) is 11.4 Å². The third-order valence-corrected chi connectivity index (χ3v) is 6.05.